The van der Waals surface area contributed by atoms with E-state index in [1.165, 1.54) is 24.9 Å². The third-order valence-electron chi connectivity index (χ3n) is 6.26. The van der Waals surface area contributed by atoms with Crippen molar-refractivity contribution < 1.29 is 23.9 Å². The third kappa shape index (κ3) is 8.57. The van der Waals surface area contributed by atoms with E-state index in [2.05, 4.69) is 16.0 Å². The number of anilines is 2. The van der Waals surface area contributed by atoms with Gasteiger partial charge in [0, 0.05) is 37.8 Å². The van der Waals surface area contributed by atoms with Gasteiger partial charge in [0.15, 0.2) is 0 Å². The lowest BCUT2D eigenvalue weighted by Gasteiger charge is -2.16. The highest BCUT2D eigenvalue weighted by atomic mass is 35.5. The Bertz CT molecular complexity index is 1680. The number of thioether (sulfide) groups is 1. The van der Waals surface area contributed by atoms with Gasteiger partial charge in [-0.05, 0) is 67.6 Å². The Balaban J connectivity index is 1.51. The Morgan fingerprint density at radius 1 is 0.818 bits per heavy atom. The second kappa shape index (κ2) is 15.3. The Morgan fingerprint density at radius 2 is 1.52 bits per heavy atom. The maximum Gasteiger partial charge on any atom is 0.272 e. The molecular formula is C33H29Cl2N3O5S. The van der Waals surface area contributed by atoms with Crippen LogP contribution >= 0.6 is 35.0 Å². The summed E-state index contributed by atoms with van der Waals surface area (Å²) < 4.78 is 10.6. The van der Waals surface area contributed by atoms with Crippen LogP contribution in [0.1, 0.15) is 22.8 Å². The minimum Gasteiger partial charge on any atom is -0.497 e. The zero-order chi connectivity index (χ0) is 31.6. The summed E-state index contributed by atoms with van der Waals surface area (Å²) in [4.78, 5) is 40.2. The molecule has 4 rings (SSSR count). The fourth-order valence-corrected chi connectivity index (χ4v) is 5.42. The van der Waals surface area contributed by atoms with E-state index in [-0.39, 0.29) is 11.6 Å². The summed E-state index contributed by atoms with van der Waals surface area (Å²) in [6, 6.07) is 25.6. The van der Waals surface area contributed by atoms with Gasteiger partial charge in [-0.15, -0.1) is 11.8 Å². The molecule has 0 aliphatic heterocycles. The molecule has 0 spiro atoms. The van der Waals surface area contributed by atoms with Gasteiger partial charge in [-0.1, -0.05) is 53.5 Å². The molecule has 0 aromatic heterocycles. The zero-order valence-corrected chi connectivity index (χ0v) is 26.3. The number of amides is 3. The number of halogens is 2. The van der Waals surface area contributed by atoms with E-state index in [4.69, 9.17) is 32.7 Å². The molecule has 3 amide bonds. The molecule has 0 saturated heterocycles. The summed E-state index contributed by atoms with van der Waals surface area (Å²) in [5.41, 5.74) is 1.62. The van der Waals surface area contributed by atoms with Gasteiger partial charge in [0.05, 0.1) is 25.2 Å². The van der Waals surface area contributed by atoms with Crippen LogP contribution in [0.4, 0.5) is 11.4 Å². The van der Waals surface area contributed by atoms with Crippen LogP contribution in [0.25, 0.3) is 6.08 Å². The van der Waals surface area contributed by atoms with E-state index < -0.39 is 17.1 Å². The van der Waals surface area contributed by atoms with Crippen LogP contribution < -0.4 is 25.4 Å². The van der Waals surface area contributed by atoms with E-state index in [0.717, 1.165) is 4.90 Å². The van der Waals surface area contributed by atoms with Crippen LogP contribution in [0.5, 0.6) is 11.5 Å². The van der Waals surface area contributed by atoms with Crippen LogP contribution in [0, 0.1) is 0 Å². The smallest absolute Gasteiger partial charge is 0.272 e. The second-order valence-corrected chi connectivity index (χ2v) is 11.5. The van der Waals surface area contributed by atoms with E-state index >= 15 is 0 Å². The first-order valence-corrected chi connectivity index (χ1v) is 14.9. The molecule has 226 valence electrons. The van der Waals surface area contributed by atoms with Crippen molar-refractivity contribution >= 4 is 70.1 Å². The molecule has 0 saturated carbocycles. The van der Waals surface area contributed by atoms with Gasteiger partial charge >= 0.3 is 0 Å². The number of methoxy groups -OCH3 is 2. The van der Waals surface area contributed by atoms with Crippen molar-refractivity contribution in [2.75, 3.05) is 24.9 Å². The van der Waals surface area contributed by atoms with Gasteiger partial charge in [0.2, 0.25) is 5.91 Å². The lowest BCUT2D eigenvalue weighted by Crippen LogP contribution is -2.30. The number of rotatable bonds is 11. The molecule has 0 fully saturated rings. The first-order valence-electron chi connectivity index (χ1n) is 13.3. The number of carbonyl (C=O) groups is 3. The van der Waals surface area contributed by atoms with E-state index in [1.54, 1.807) is 99.0 Å². The monoisotopic (exact) mass is 649 g/mol. The maximum atomic E-state index is 13.5. The number of hydrogen-bond donors (Lipinski definition) is 3. The minimum absolute atomic E-state index is 0.0631. The fourth-order valence-electron chi connectivity index (χ4n) is 3.98. The number of carbonyl (C=O) groups excluding carboxylic acids is 3. The van der Waals surface area contributed by atoms with Gasteiger partial charge < -0.3 is 25.4 Å². The van der Waals surface area contributed by atoms with Crippen molar-refractivity contribution in [1.29, 1.82) is 0 Å². The molecule has 0 bridgehead atoms. The molecule has 0 radical (unpaired) electrons. The Morgan fingerprint density at radius 3 is 2.20 bits per heavy atom. The zero-order valence-electron chi connectivity index (χ0n) is 24.0. The predicted octanol–water partition coefficient (Wildman–Crippen LogP) is 7.54. The van der Waals surface area contributed by atoms with E-state index in [9.17, 15) is 14.4 Å². The van der Waals surface area contributed by atoms with Crippen molar-refractivity contribution in [3.63, 3.8) is 0 Å². The van der Waals surface area contributed by atoms with Crippen molar-refractivity contribution in [2.45, 2.75) is 17.1 Å². The Hall–Kier alpha value is -4.44. The lowest BCUT2D eigenvalue weighted by atomic mass is 10.1. The van der Waals surface area contributed by atoms with Crippen molar-refractivity contribution in [1.82, 2.24) is 5.32 Å². The number of benzene rings is 4. The Kier molecular flexibility index (Phi) is 11.3. The topological polar surface area (TPSA) is 106 Å². The minimum atomic E-state index is -0.594. The van der Waals surface area contributed by atoms with Crippen molar-refractivity contribution in [2.24, 2.45) is 0 Å². The van der Waals surface area contributed by atoms with Gasteiger partial charge in [-0.2, -0.15) is 0 Å². The normalized spacial score (nSPS) is 11.7. The van der Waals surface area contributed by atoms with Crippen molar-refractivity contribution in [3.8, 4) is 11.5 Å². The van der Waals surface area contributed by atoms with Gasteiger partial charge in [-0.3, -0.25) is 14.4 Å². The van der Waals surface area contributed by atoms with E-state index in [1.807, 2.05) is 6.07 Å². The molecule has 3 N–H and O–H groups in total. The summed E-state index contributed by atoms with van der Waals surface area (Å²) in [6.07, 6.45) is 1.43. The second-order valence-electron chi connectivity index (χ2n) is 9.31. The molecular weight excluding hydrogens is 621 g/mol. The first-order chi connectivity index (χ1) is 21.2. The molecule has 11 heteroatoms. The maximum absolute atomic E-state index is 13.5. The molecule has 0 aliphatic rings. The highest BCUT2D eigenvalue weighted by molar-refractivity contribution is 8.00. The van der Waals surface area contributed by atoms with E-state index in [0.29, 0.717) is 44.0 Å². The Labute approximate surface area is 269 Å². The standard InChI is InChI=1S/C33H29Cl2N3O5S/c1-20(31(39)37-28-18-23(42-2)15-16-30(28)43-3)44-24-12-7-11-22(17-24)36-33(41)29(19-25-26(34)13-8-14-27(25)35)38-32(40)21-9-5-4-6-10-21/h4-20H,1-3H3,(H,36,41)(H,37,39)(H,38,40)/b29-19+. The number of hydrogen-bond acceptors (Lipinski definition) is 6. The summed E-state index contributed by atoms with van der Waals surface area (Å²) in [5, 5.41) is 8.50. The molecule has 8 nitrogen and oxygen atoms in total. The highest BCUT2D eigenvalue weighted by Gasteiger charge is 2.19. The van der Waals surface area contributed by atoms with Crippen LogP contribution in [-0.2, 0) is 9.59 Å². The van der Waals surface area contributed by atoms with Crippen LogP contribution in [0.15, 0.2) is 102 Å². The SMILES string of the molecule is COc1ccc(OC)c(NC(=O)C(C)Sc2cccc(NC(=O)/C(=C\c3c(Cl)cccc3Cl)NC(=O)c3ccccc3)c2)c1. The molecule has 1 atom stereocenters. The molecule has 44 heavy (non-hydrogen) atoms. The largest absolute Gasteiger partial charge is 0.497 e. The van der Waals surface area contributed by atoms with Gasteiger partial charge in [0.1, 0.15) is 17.2 Å². The van der Waals surface area contributed by atoms with Crippen molar-refractivity contribution in [3.05, 3.63) is 118 Å². The summed E-state index contributed by atoms with van der Waals surface area (Å²) in [7, 11) is 3.06. The van der Waals surface area contributed by atoms with Crippen LogP contribution in [-0.4, -0.2) is 37.2 Å². The van der Waals surface area contributed by atoms with Crippen LogP contribution in [0.3, 0.4) is 0 Å². The quantitative estimate of drug-likeness (QED) is 0.114. The number of ether oxygens (including phenoxy) is 2. The van der Waals surface area contributed by atoms with Gasteiger partial charge in [-0.25, -0.2) is 0 Å². The highest BCUT2D eigenvalue weighted by Crippen LogP contribution is 2.32. The average molecular weight is 651 g/mol. The molecule has 4 aromatic carbocycles. The lowest BCUT2D eigenvalue weighted by molar-refractivity contribution is -0.115. The summed E-state index contributed by atoms with van der Waals surface area (Å²) >= 11 is 14.0. The molecule has 1 unspecified atom stereocenters. The predicted molar refractivity (Wildman–Crippen MR) is 177 cm³/mol. The molecule has 0 heterocycles. The fraction of sp³-hybridized carbons (Fsp3) is 0.121. The third-order valence-corrected chi connectivity index (χ3v) is 8.01. The first kappa shape index (κ1) is 32.5. The molecule has 0 aliphatic carbocycles. The summed E-state index contributed by atoms with van der Waals surface area (Å²) in [6.45, 7) is 1.77. The summed E-state index contributed by atoms with van der Waals surface area (Å²) in [5.74, 6) is -0.242. The van der Waals surface area contributed by atoms with Gasteiger partial charge in [0.25, 0.3) is 11.8 Å². The van der Waals surface area contributed by atoms with Crippen LogP contribution in [0.2, 0.25) is 10.0 Å². The molecule has 4 aromatic rings. The average Bonchev–Trinajstić information content (AvgIpc) is 3.02. The number of nitrogens with one attached hydrogen (secondary N) is 3.